The number of hydrogen-bond acceptors (Lipinski definition) is 6. The molecule has 0 bridgehead atoms. The summed E-state index contributed by atoms with van der Waals surface area (Å²) in [4.78, 5) is 15.6. The van der Waals surface area contributed by atoms with E-state index in [1.165, 1.54) is 0 Å². The number of hydrogen-bond donors (Lipinski definition) is 2. The van der Waals surface area contributed by atoms with Crippen LogP contribution in [0.3, 0.4) is 0 Å². The van der Waals surface area contributed by atoms with E-state index in [9.17, 15) is 0 Å². The highest BCUT2D eigenvalue weighted by atomic mass is 15.1. The quantitative estimate of drug-likeness (QED) is 0.460. The maximum atomic E-state index is 4.71. The van der Waals surface area contributed by atoms with Crippen LogP contribution in [0.4, 0.5) is 23.1 Å². The van der Waals surface area contributed by atoms with Gasteiger partial charge in [-0.25, -0.2) is 4.98 Å². The van der Waals surface area contributed by atoms with Gasteiger partial charge in [-0.2, -0.15) is 4.98 Å². The summed E-state index contributed by atoms with van der Waals surface area (Å²) in [5, 5.41) is 6.71. The molecule has 4 rings (SSSR count). The van der Waals surface area contributed by atoms with Gasteiger partial charge in [0.2, 0.25) is 5.95 Å². The van der Waals surface area contributed by atoms with Gasteiger partial charge in [0.15, 0.2) is 0 Å². The molecule has 0 aliphatic heterocycles. The molecule has 2 heterocycles. The van der Waals surface area contributed by atoms with Crippen LogP contribution in [-0.2, 0) is 6.54 Å². The van der Waals surface area contributed by atoms with E-state index in [1.807, 2.05) is 81.0 Å². The highest BCUT2D eigenvalue weighted by molar-refractivity contribution is 5.68. The predicted octanol–water partition coefficient (Wildman–Crippen LogP) is 4.96. The summed E-state index contributed by atoms with van der Waals surface area (Å²) in [5.74, 6) is 1.29. The summed E-state index contributed by atoms with van der Waals surface area (Å²) in [5.41, 5.74) is 5.07. The Morgan fingerprint density at radius 3 is 2.37 bits per heavy atom. The monoisotopic (exact) mass is 396 g/mol. The maximum Gasteiger partial charge on any atom is 0.225 e. The molecule has 0 amide bonds. The molecule has 2 N–H and O–H groups in total. The minimum atomic E-state index is 0.563. The Morgan fingerprint density at radius 2 is 1.67 bits per heavy atom. The van der Waals surface area contributed by atoms with Crippen molar-refractivity contribution in [2.24, 2.45) is 0 Å². The van der Waals surface area contributed by atoms with Crippen LogP contribution in [0.5, 0.6) is 0 Å². The van der Waals surface area contributed by atoms with Crippen molar-refractivity contribution >= 4 is 23.1 Å². The number of rotatable bonds is 7. The second kappa shape index (κ2) is 9.05. The van der Waals surface area contributed by atoms with Crippen LogP contribution in [0, 0.1) is 0 Å². The van der Waals surface area contributed by atoms with Gasteiger partial charge in [-0.1, -0.05) is 36.4 Å². The first kappa shape index (κ1) is 19.4. The minimum Gasteiger partial charge on any atom is -0.378 e. The van der Waals surface area contributed by atoms with E-state index in [4.69, 9.17) is 4.98 Å². The zero-order valence-electron chi connectivity index (χ0n) is 17.1. The summed E-state index contributed by atoms with van der Waals surface area (Å²) in [6, 6.07) is 24.2. The van der Waals surface area contributed by atoms with Gasteiger partial charge in [0.05, 0.1) is 5.69 Å². The predicted molar refractivity (Wildman–Crippen MR) is 123 cm³/mol. The van der Waals surface area contributed by atoms with Gasteiger partial charge in [0.1, 0.15) is 5.82 Å². The van der Waals surface area contributed by atoms with Crippen molar-refractivity contribution in [2.75, 3.05) is 29.6 Å². The zero-order valence-corrected chi connectivity index (χ0v) is 17.1. The third kappa shape index (κ3) is 4.91. The van der Waals surface area contributed by atoms with E-state index in [1.54, 1.807) is 6.20 Å². The number of aromatic nitrogens is 3. The van der Waals surface area contributed by atoms with Crippen molar-refractivity contribution in [1.82, 2.24) is 15.0 Å². The Labute approximate surface area is 176 Å². The van der Waals surface area contributed by atoms with Gasteiger partial charge in [-0.15, -0.1) is 0 Å². The van der Waals surface area contributed by atoms with E-state index in [0.29, 0.717) is 12.5 Å². The molecule has 0 saturated carbocycles. The largest absolute Gasteiger partial charge is 0.378 e. The lowest BCUT2D eigenvalue weighted by atomic mass is 10.1. The molecule has 6 nitrogen and oxygen atoms in total. The Kier molecular flexibility index (Phi) is 5.85. The molecule has 30 heavy (non-hydrogen) atoms. The lowest BCUT2D eigenvalue weighted by molar-refractivity contribution is 1.04. The SMILES string of the molecule is CN(C)c1ccc(Nc2cc(-c3ccccc3)nc(NCc3cccnc3)n2)cc1. The van der Waals surface area contributed by atoms with E-state index < -0.39 is 0 Å². The molecule has 4 aromatic rings. The third-order valence-corrected chi connectivity index (χ3v) is 4.63. The Balaban J connectivity index is 1.61. The molecular formula is C24H24N6. The van der Waals surface area contributed by atoms with Crippen LogP contribution in [-0.4, -0.2) is 29.0 Å². The van der Waals surface area contributed by atoms with Crippen LogP contribution < -0.4 is 15.5 Å². The molecule has 2 aromatic carbocycles. The molecule has 0 spiro atoms. The highest BCUT2D eigenvalue weighted by Gasteiger charge is 2.08. The molecule has 0 saturated heterocycles. The molecule has 0 fully saturated rings. The summed E-state index contributed by atoms with van der Waals surface area (Å²) < 4.78 is 0. The summed E-state index contributed by atoms with van der Waals surface area (Å²) >= 11 is 0. The van der Waals surface area contributed by atoms with Crippen molar-refractivity contribution in [2.45, 2.75) is 6.54 Å². The summed E-state index contributed by atoms with van der Waals surface area (Å²) in [6.45, 7) is 0.600. The van der Waals surface area contributed by atoms with E-state index in [2.05, 4.69) is 37.6 Å². The summed E-state index contributed by atoms with van der Waals surface area (Å²) in [6.07, 6.45) is 3.60. The zero-order chi connectivity index (χ0) is 20.8. The number of nitrogens with one attached hydrogen (secondary N) is 2. The standard InChI is InChI=1S/C24H24N6/c1-30(2)21-12-10-20(11-13-21)27-23-15-22(19-8-4-3-5-9-19)28-24(29-23)26-17-18-7-6-14-25-16-18/h3-16H,17H2,1-2H3,(H2,26,27,28,29). The second-order valence-corrected chi connectivity index (χ2v) is 7.11. The second-order valence-electron chi connectivity index (χ2n) is 7.11. The molecule has 0 radical (unpaired) electrons. The summed E-state index contributed by atoms with van der Waals surface area (Å²) in [7, 11) is 4.05. The number of pyridine rings is 1. The first-order chi connectivity index (χ1) is 14.7. The van der Waals surface area contributed by atoms with Gasteiger partial charge in [0.25, 0.3) is 0 Å². The van der Waals surface area contributed by atoms with Crippen molar-refractivity contribution in [1.29, 1.82) is 0 Å². The first-order valence-corrected chi connectivity index (χ1v) is 9.79. The Morgan fingerprint density at radius 1 is 0.867 bits per heavy atom. The van der Waals surface area contributed by atoms with Crippen molar-refractivity contribution in [3.63, 3.8) is 0 Å². The fourth-order valence-electron chi connectivity index (χ4n) is 3.02. The average Bonchev–Trinajstić information content (AvgIpc) is 2.79. The van der Waals surface area contributed by atoms with Gasteiger partial charge in [-0.05, 0) is 35.9 Å². The Hall–Kier alpha value is -3.93. The minimum absolute atomic E-state index is 0.563. The molecule has 2 aromatic heterocycles. The van der Waals surface area contributed by atoms with Crippen molar-refractivity contribution < 1.29 is 0 Å². The molecule has 6 heteroatoms. The van der Waals surface area contributed by atoms with Crippen LogP contribution >= 0.6 is 0 Å². The van der Waals surface area contributed by atoms with Gasteiger partial charge < -0.3 is 15.5 Å². The van der Waals surface area contributed by atoms with Crippen LogP contribution in [0.1, 0.15) is 5.56 Å². The maximum absolute atomic E-state index is 4.71. The molecule has 150 valence electrons. The van der Waals surface area contributed by atoms with Crippen molar-refractivity contribution in [3.05, 3.63) is 90.8 Å². The fourth-order valence-corrected chi connectivity index (χ4v) is 3.02. The van der Waals surface area contributed by atoms with Gasteiger partial charge in [-0.3, -0.25) is 4.98 Å². The van der Waals surface area contributed by atoms with Crippen LogP contribution in [0.2, 0.25) is 0 Å². The third-order valence-electron chi connectivity index (χ3n) is 4.63. The molecular weight excluding hydrogens is 372 g/mol. The smallest absolute Gasteiger partial charge is 0.225 e. The Bertz CT molecular complexity index is 1080. The van der Waals surface area contributed by atoms with Gasteiger partial charge >= 0.3 is 0 Å². The van der Waals surface area contributed by atoms with Crippen molar-refractivity contribution in [3.8, 4) is 11.3 Å². The molecule has 0 atom stereocenters. The molecule has 0 aliphatic carbocycles. The lowest BCUT2D eigenvalue weighted by Gasteiger charge is -2.14. The fraction of sp³-hybridized carbons (Fsp3) is 0.125. The van der Waals surface area contributed by atoms with Crippen LogP contribution in [0.15, 0.2) is 85.2 Å². The number of nitrogens with zero attached hydrogens (tertiary/aromatic N) is 4. The lowest BCUT2D eigenvalue weighted by Crippen LogP contribution is -2.08. The highest BCUT2D eigenvalue weighted by Crippen LogP contribution is 2.25. The first-order valence-electron chi connectivity index (χ1n) is 9.79. The normalized spacial score (nSPS) is 10.5. The van der Waals surface area contributed by atoms with Gasteiger partial charge in [0, 0.05) is 56.0 Å². The number of anilines is 4. The topological polar surface area (TPSA) is 66.0 Å². The van der Waals surface area contributed by atoms with E-state index >= 15 is 0 Å². The molecule has 0 aliphatic rings. The molecule has 0 unspecified atom stereocenters. The average molecular weight is 396 g/mol. The van der Waals surface area contributed by atoms with Crippen LogP contribution in [0.25, 0.3) is 11.3 Å². The number of benzene rings is 2. The van der Waals surface area contributed by atoms with E-state index in [0.717, 1.165) is 34.0 Å². The van der Waals surface area contributed by atoms with E-state index in [-0.39, 0.29) is 0 Å².